The van der Waals surface area contributed by atoms with Gasteiger partial charge in [-0.05, 0) is 19.8 Å². The van der Waals surface area contributed by atoms with Crippen LogP contribution in [-0.2, 0) is 9.59 Å². The van der Waals surface area contributed by atoms with Gasteiger partial charge in [0.2, 0.25) is 11.8 Å². The number of aliphatic hydroxyl groups is 1. The molecule has 0 aliphatic carbocycles. The third kappa shape index (κ3) is 47.9. The van der Waals surface area contributed by atoms with Gasteiger partial charge in [0.1, 0.15) is 0 Å². The Morgan fingerprint density at radius 1 is 0.484 bits per heavy atom. The molecule has 188 valence electrons. The van der Waals surface area contributed by atoms with E-state index in [-0.39, 0.29) is 18.4 Å². The van der Waals surface area contributed by atoms with Crippen molar-refractivity contribution in [1.82, 2.24) is 0 Å². The van der Waals surface area contributed by atoms with Crippen LogP contribution in [0.2, 0.25) is 0 Å². The molecule has 5 N–H and O–H groups in total. The van der Waals surface area contributed by atoms with Gasteiger partial charge in [-0.2, -0.15) is 0 Å². The molecule has 5 heteroatoms. The molecule has 31 heavy (non-hydrogen) atoms. The lowest BCUT2D eigenvalue weighted by atomic mass is 10.1. The highest BCUT2D eigenvalue weighted by Gasteiger charge is 1.95. The van der Waals surface area contributed by atoms with Crippen LogP contribution in [-0.4, -0.2) is 23.5 Å². The smallest absolute Gasteiger partial charge is 0.217 e. The fourth-order valence-corrected chi connectivity index (χ4v) is 3.22. The first kappa shape index (κ1) is 34.5. The second-order valence-electron chi connectivity index (χ2n) is 8.41. The van der Waals surface area contributed by atoms with Crippen molar-refractivity contribution in [2.24, 2.45) is 11.5 Å². The van der Waals surface area contributed by atoms with Crippen molar-refractivity contribution < 1.29 is 14.7 Å². The molecule has 0 saturated heterocycles. The summed E-state index contributed by atoms with van der Waals surface area (Å²) in [5.41, 5.74) is 10.1. The fourth-order valence-electron chi connectivity index (χ4n) is 3.22. The van der Waals surface area contributed by atoms with E-state index < -0.39 is 0 Å². The van der Waals surface area contributed by atoms with Gasteiger partial charge in [-0.25, -0.2) is 0 Å². The number of carbonyl (C=O) groups is 2. The van der Waals surface area contributed by atoms with Gasteiger partial charge in [0.25, 0.3) is 0 Å². The van der Waals surface area contributed by atoms with Crippen molar-refractivity contribution in [3.63, 3.8) is 0 Å². The van der Waals surface area contributed by atoms with E-state index in [9.17, 15) is 9.59 Å². The fraction of sp³-hybridized carbons (Fsp3) is 0.923. The highest BCUT2D eigenvalue weighted by molar-refractivity contribution is 5.73. The quantitative estimate of drug-likeness (QED) is 0.180. The molecule has 0 aromatic carbocycles. The minimum absolute atomic E-state index is 0.159. The van der Waals surface area contributed by atoms with Crippen molar-refractivity contribution in [3.8, 4) is 0 Å². The SMILES string of the molecule is CCCCCCCCCCCC(N)=O.CCCCCCCCCCCC(N)=O.CCO. The first-order valence-electron chi connectivity index (χ1n) is 13.1. The summed E-state index contributed by atoms with van der Waals surface area (Å²) in [7, 11) is 0. The molecule has 0 rings (SSSR count). The van der Waals surface area contributed by atoms with Crippen LogP contribution in [0.1, 0.15) is 149 Å². The maximum Gasteiger partial charge on any atom is 0.217 e. The molecule has 0 saturated carbocycles. The largest absolute Gasteiger partial charge is 0.397 e. The van der Waals surface area contributed by atoms with Crippen molar-refractivity contribution in [2.75, 3.05) is 6.61 Å². The van der Waals surface area contributed by atoms with Gasteiger partial charge in [-0.15, -0.1) is 0 Å². The molecular formula is C26H56N2O3. The van der Waals surface area contributed by atoms with Gasteiger partial charge in [-0.1, -0.05) is 117 Å². The first-order valence-corrected chi connectivity index (χ1v) is 13.1. The minimum atomic E-state index is -0.159. The summed E-state index contributed by atoms with van der Waals surface area (Å²) >= 11 is 0. The van der Waals surface area contributed by atoms with E-state index in [0.717, 1.165) is 25.7 Å². The van der Waals surface area contributed by atoms with E-state index >= 15 is 0 Å². The van der Waals surface area contributed by atoms with Crippen molar-refractivity contribution in [3.05, 3.63) is 0 Å². The zero-order valence-electron chi connectivity index (χ0n) is 21.3. The summed E-state index contributed by atoms with van der Waals surface area (Å²) in [6.07, 6.45) is 24.2. The zero-order valence-corrected chi connectivity index (χ0v) is 21.3. The predicted octanol–water partition coefficient (Wildman–Crippen LogP) is 6.78. The molecule has 0 aliphatic heterocycles. The van der Waals surface area contributed by atoms with E-state index in [2.05, 4.69) is 13.8 Å². The lowest BCUT2D eigenvalue weighted by Crippen LogP contribution is -2.09. The third-order valence-corrected chi connectivity index (χ3v) is 5.05. The van der Waals surface area contributed by atoms with Crippen LogP contribution in [0.5, 0.6) is 0 Å². The van der Waals surface area contributed by atoms with E-state index in [1.165, 1.54) is 89.9 Å². The number of hydrogen-bond donors (Lipinski definition) is 3. The molecule has 0 aromatic rings. The van der Waals surface area contributed by atoms with Gasteiger partial charge in [0.15, 0.2) is 0 Å². The maximum atomic E-state index is 10.4. The predicted molar refractivity (Wildman–Crippen MR) is 135 cm³/mol. The van der Waals surface area contributed by atoms with E-state index in [1.807, 2.05) is 0 Å². The molecule has 5 nitrogen and oxygen atoms in total. The normalized spacial score (nSPS) is 9.94. The molecule has 0 heterocycles. The van der Waals surface area contributed by atoms with Gasteiger partial charge in [0.05, 0.1) is 0 Å². The molecule has 0 bridgehead atoms. The second-order valence-corrected chi connectivity index (χ2v) is 8.41. The van der Waals surface area contributed by atoms with Crippen LogP contribution < -0.4 is 11.5 Å². The Morgan fingerprint density at radius 3 is 0.871 bits per heavy atom. The summed E-state index contributed by atoms with van der Waals surface area (Å²) in [4.78, 5) is 20.9. The van der Waals surface area contributed by atoms with Gasteiger partial charge < -0.3 is 16.6 Å². The van der Waals surface area contributed by atoms with E-state index in [1.54, 1.807) is 6.92 Å². The minimum Gasteiger partial charge on any atom is -0.397 e. The number of hydrogen-bond acceptors (Lipinski definition) is 3. The Hall–Kier alpha value is -1.10. The molecule has 2 amide bonds. The first-order chi connectivity index (χ1) is 15.0. The van der Waals surface area contributed by atoms with Crippen LogP contribution in [0.25, 0.3) is 0 Å². The van der Waals surface area contributed by atoms with Gasteiger partial charge >= 0.3 is 0 Å². The summed E-state index contributed by atoms with van der Waals surface area (Å²) in [6, 6.07) is 0. The topological polar surface area (TPSA) is 106 Å². The monoisotopic (exact) mass is 444 g/mol. The summed E-state index contributed by atoms with van der Waals surface area (Å²) in [5.74, 6) is -0.319. The molecular weight excluding hydrogens is 388 g/mol. The summed E-state index contributed by atoms with van der Waals surface area (Å²) in [6.45, 7) is 6.41. The van der Waals surface area contributed by atoms with E-state index in [0.29, 0.717) is 12.8 Å². The van der Waals surface area contributed by atoms with Crippen LogP contribution in [0, 0.1) is 0 Å². The second kappa shape index (κ2) is 33.5. The molecule has 0 fully saturated rings. The standard InChI is InChI=1S/2C12H25NO.C2H6O/c2*1-2-3-4-5-6-7-8-9-10-11-12(13)14;1-2-3/h2*2-11H2,1H3,(H2,13,14);3H,2H2,1H3. The average molecular weight is 445 g/mol. The van der Waals surface area contributed by atoms with Gasteiger partial charge in [-0.3, -0.25) is 9.59 Å². The Kier molecular flexibility index (Phi) is 37.3. The Morgan fingerprint density at radius 2 is 0.677 bits per heavy atom. The molecule has 0 atom stereocenters. The summed E-state index contributed by atoms with van der Waals surface area (Å²) < 4.78 is 0. The highest BCUT2D eigenvalue weighted by atomic mass is 16.2. The number of carbonyl (C=O) groups excluding carboxylic acids is 2. The Balaban J connectivity index is -0.000000448. The number of rotatable bonds is 20. The summed E-state index contributed by atoms with van der Waals surface area (Å²) in [5, 5.41) is 7.57. The molecule has 0 aromatic heterocycles. The Bertz CT molecular complexity index is 318. The van der Waals surface area contributed by atoms with Crippen molar-refractivity contribution in [1.29, 1.82) is 0 Å². The number of nitrogens with two attached hydrogens (primary N) is 2. The number of amides is 2. The number of aliphatic hydroxyl groups excluding tert-OH is 1. The zero-order chi connectivity index (χ0) is 24.0. The van der Waals surface area contributed by atoms with Crippen LogP contribution in [0.3, 0.4) is 0 Å². The van der Waals surface area contributed by atoms with Crippen molar-refractivity contribution in [2.45, 2.75) is 149 Å². The molecule has 0 radical (unpaired) electrons. The molecule has 0 spiro atoms. The van der Waals surface area contributed by atoms with Crippen LogP contribution in [0.15, 0.2) is 0 Å². The van der Waals surface area contributed by atoms with Crippen molar-refractivity contribution >= 4 is 11.8 Å². The lowest BCUT2D eigenvalue weighted by molar-refractivity contribution is -0.119. The number of primary amides is 2. The average Bonchev–Trinajstić information content (AvgIpc) is 2.72. The van der Waals surface area contributed by atoms with Crippen LogP contribution >= 0.6 is 0 Å². The molecule has 0 unspecified atom stereocenters. The van der Waals surface area contributed by atoms with E-state index in [4.69, 9.17) is 16.6 Å². The van der Waals surface area contributed by atoms with Crippen LogP contribution in [0.4, 0.5) is 0 Å². The maximum absolute atomic E-state index is 10.4. The molecule has 0 aliphatic rings. The highest BCUT2D eigenvalue weighted by Crippen LogP contribution is 2.11. The Labute approximate surface area is 194 Å². The lowest BCUT2D eigenvalue weighted by Gasteiger charge is -2.00. The third-order valence-electron chi connectivity index (χ3n) is 5.05. The van der Waals surface area contributed by atoms with Gasteiger partial charge in [0, 0.05) is 19.4 Å². The number of unbranched alkanes of at least 4 members (excludes halogenated alkanes) is 16.